The zero-order valence-electron chi connectivity index (χ0n) is 12.0. The van der Waals surface area contributed by atoms with Crippen LogP contribution in [0.3, 0.4) is 0 Å². The van der Waals surface area contributed by atoms with Crippen LogP contribution in [0.4, 0.5) is 10.5 Å². The van der Waals surface area contributed by atoms with Crippen molar-refractivity contribution in [1.29, 1.82) is 0 Å². The van der Waals surface area contributed by atoms with Gasteiger partial charge in [-0.3, -0.25) is 4.79 Å². The zero-order valence-corrected chi connectivity index (χ0v) is 12.0. The molecule has 0 aliphatic heterocycles. The molecule has 1 aliphatic rings. The Morgan fingerprint density at radius 2 is 1.75 bits per heavy atom. The van der Waals surface area contributed by atoms with E-state index in [-0.39, 0.29) is 11.6 Å². The summed E-state index contributed by atoms with van der Waals surface area (Å²) in [4.78, 5) is 22.9. The van der Waals surface area contributed by atoms with Crippen LogP contribution in [0.5, 0.6) is 0 Å². The number of hydrogen-bond acceptors (Lipinski definition) is 2. The number of rotatable bonds is 4. The molecule has 1 aromatic rings. The number of aliphatic carboxylic acids is 1. The molecule has 0 atom stereocenters. The number of carboxylic acid groups (broad SMARTS) is 1. The number of benzene rings is 1. The van der Waals surface area contributed by atoms with E-state index in [4.69, 9.17) is 5.11 Å². The van der Waals surface area contributed by atoms with Gasteiger partial charge in [0.05, 0.1) is 5.41 Å². The number of hydrogen-bond donors (Lipinski definition) is 3. The van der Waals surface area contributed by atoms with E-state index in [2.05, 4.69) is 10.6 Å². The molecule has 3 N–H and O–H groups in total. The van der Waals surface area contributed by atoms with Gasteiger partial charge in [0.25, 0.3) is 0 Å². The minimum Gasteiger partial charge on any atom is -0.481 e. The van der Waals surface area contributed by atoms with Crippen LogP contribution >= 0.6 is 0 Å². The number of amides is 2. The maximum absolute atomic E-state index is 11.7. The molecule has 0 saturated heterocycles. The molecule has 1 fully saturated rings. The minimum atomic E-state index is -0.942. The normalized spacial score (nSPS) is 16.4. The molecule has 1 saturated carbocycles. The highest BCUT2D eigenvalue weighted by Crippen LogP contribution is 2.34. The smallest absolute Gasteiger partial charge is 0.319 e. The van der Waals surface area contributed by atoms with Gasteiger partial charge >= 0.3 is 12.0 Å². The Hall–Kier alpha value is -2.04. The Balaban J connectivity index is 2.01. The third-order valence-corrected chi connectivity index (χ3v) is 3.81. The largest absolute Gasteiger partial charge is 0.481 e. The van der Waals surface area contributed by atoms with Gasteiger partial charge in [0, 0.05) is 11.2 Å². The first kappa shape index (κ1) is 14.4. The van der Waals surface area contributed by atoms with E-state index in [1.165, 1.54) is 0 Å². The van der Waals surface area contributed by atoms with Crippen molar-refractivity contribution in [3.63, 3.8) is 0 Å². The van der Waals surface area contributed by atoms with E-state index in [1.807, 2.05) is 6.92 Å². The van der Waals surface area contributed by atoms with Gasteiger partial charge in [-0.1, -0.05) is 12.1 Å². The predicted octanol–water partition coefficient (Wildman–Crippen LogP) is 2.72. The fourth-order valence-corrected chi connectivity index (χ4v) is 1.84. The molecule has 1 aromatic carbocycles. The number of nitrogens with one attached hydrogen (secondary N) is 2. The molecule has 0 radical (unpaired) electrons. The molecule has 0 heterocycles. The number of carboxylic acids is 1. The number of anilines is 1. The Labute approximate surface area is 118 Å². The van der Waals surface area contributed by atoms with Crippen LogP contribution in [-0.2, 0) is 10.2 Å². The van der Waals surface area contributed by atoms with Crippen molar-refractivity contribution >= 4 is 17.7 Å². The first-order chi connectivity index (χ1) is 9.23. The van der Waals surface area contributed by atoms with Gasteiger partial charge in [-0.25, -0.2) is 4.79 Å². The standard InChI is InChI=1S/C15H20N2O3/c1-14(2,12(18)19)10-4-6-11(7-5-10)16-13(20)17-15(3)8-9-15/h4-7H,8-9H2,1-3H3,(H,18,19)(H2,16,17,20). The Bertz CT molecular complexity index is 531. The first-order valence-corrected chi connectivity index (χ1v) is 6.66. The fourth-order valence-electron chi connectivity index (χ4n) is 1.84. The third kappa shape index (κ3) is 3.10. The van der Waals surface area contributed by atoms with Crippen LogP contribution in [0.2, 0.25) is 0 Å². The predicted molar refractivity (Wildman–Crippen MR) is 76.9 cm³/mol. The van der Waals surface area contributed by atoms with E-state index in [0.29, 0.717) is 11.3 Å². The molecule has 5 heteroatoms. The molecular weight excluding hydrogens is 256 g/mol. The Morgan fingerprint density at radius 3 is 2.20 bits per heavy atom. The molecule has 0 unspecified atom stereocenters. The molecule has 20 heavy (non-hydrogen) atoms. The van der Waals surface area contributed by atoms with E-state index < -0.39 is 11.4 Å². The van der Waals surface area contributed by atoms with E-state index >= 15 is 0 Å². The molecule has 0 aromatic heterocycles. The summed E-state index contributed by atoms with van der Waals surface area (Å²) in [5, 5.41) is 14.8. The Morgan fingerprint density at radius 1 is 1.20 bits per heavy atom. The maximum Gasteiger partial charge on any atom is 0.319 e. The molecule has 0 spiro atoms. The van der Waals surface area contributed by atoms with Crippen molar-refractivity contribution in [2.75, 3.05) is 5.32 Å². The van der Waals surface area contributed by atoms with Crippen molar-refractivity contribution in [2.45, 2.75) is 44.6 Å². The van der Waals surface area contributed by atoms with Crippen molar-refractivity contribution in [1.82, 2.24) is 5.32 Å². The highest BCUT2D eigenvalue weighted by molar-refractivity contribution is 5.90. The van der Waals surface area contributed by atoms with Crippen molar-refractivity contribution in [2.24, 2.45) is 0 Å². The van der Waals surface area contributed by atoms with Gasteiger partial charge in [-0.05, 0) is 51.3 Å². The number of carbonyl (C=O) groups is 2. The highest BCUT2D eigenvalue weighted by atomic mass is 16.4. The minimum absolute atomic E-state index is 0.0602. The van der Waals surface area contributed by atoms with Crippen LogP contribution in [0, 0.1) is 0 Å². The molecule has 108 valence electrons. The van der Waals surface area contributed by atoms with Crippen molar-refractivity contribution in [3.05, 3.63) is 29.8 Å². The van der Waals surface area contributed by atoms with E-state index in [0.717, 1.165) is 12.8 Å². The molecule has 2 amide bonds. The summed E-state index contributed by atoms with van der Waals surface area (Å²) >= 11 is 0. The van der Waals surface area contributed by atoms with Crippen LogP contribution in [-0.4, -0.2) is 22.6 Å². The van der Waals surface area contributed by atoms with Crippen LogP contribution in [0.1, 0.15) is 39.2 Å². The summed E-state index contributed by atoms with van der Waals surface area (Å²) in [6, 6.07) is 6.66. The molecule has 0 bridgehead atoms. The molecule has 1 aliphatic carbocycles. The number of urea groups is 1. The highest BCUT2D eigenvalue weighted by Gasteiger charge is 2.38. The summed E-state index contributed by atoms with van der Waals surface area (Å²) in [6.07, 6.45) is 2.01. The van der Waals surface area contributed by atoms with E-state index in [9.17, 15) is 9.59 Å². The second kappa shape index (κ2) is 4.81. The van der Waals surface area contributed by atoms with Gasteiger partial charge in [0.15, 0.2) is 0 Å². The average Bonchev–Trinajstić information content (AvgIpc) is 3.06. The summed E-state index contributed by atoms with van der Waals surface area (Å²) in [5.41, 5.74) is 0.347. The quantitative estimate of drug-likeness (QED) is 0.791. The summed E-state index contributed by atoms with van der Waals surface area (Å²) in [6.45, 7) is 5.31. The fraction of sp³-hybridized carbons (Fsp3) is 0.467. The first-order valence-electron chi connectivity index (χ1n) is 6.66. The van der Waals surface area contributed by atoms with Gasteiger partial charge in [0.1, 0.15) is 0 Å². The van der Waals surface area contributed by atoms with Crippen LogP contribution in [0.15, 0.2) is 24.3 Å². The van der Waals surface area contributed by atoms with Gasteiger partial charge in [-0.15, -0.1) is 0 Å². The SMILES string of the molecule is CC1(NC(=O)Nc2ccc(C(C)(C)C(=O)O)cc2)CC1. The lowest BCUT2D eigenvalue weighted by Crippen LogP contribution is -2.37. The summed E-state index contributed by atoms with van der Waals surface area (Å²) in [7, 11) is 0. The summed E-state index contributed by atoms with van der Waals surface area (Å²) < 4.78 is 0. The lowest BCUT2D eigenvalue weighted by atomic mass is 9.85. The van der Waals surface area contributed by atoms with Crippen LogP contribution < -0.4 is 10.6 Å². The Kier molecular flexibility index (Phi) is 3.46. The van der Waals surface area contributed by atoms with Gasteiger partial charge < -0.3 is 15.7 Å². The maximum atomic E-state index is 11.7. The van der Waals surface area contributed by atoms with Crippen LogP contribution in [0.25, 0.3) is 0 Å². The van der Waals surface area contributed by atoms with Crippen molar-refractivity contribution < 1.29 is 14.7 Å². The molecular formula is C15H20N2O3. The second-order valence-electron chi connectivity index (χ2n) is 6.15. The molecule has 5 nitrogen and oxygen atoms in total. The third-order valence-electron chi connectivity index (χ3n) is 3.81. The van der Waals surface area contributed by atoms with Gasteiger partial charge in [-0.2, -0.15) is 0 Å². The number of carbonyl (C=O) groups excluding carboxylic acids is 1. The zero-order chi connectivity index (χ0) is 15.0. The molecule has 2 rings (SSSR count). The van der Waals surface area contributed by atoms with Gasteiger partial charge in [0.2, 0.25) is 0 Å². The lowest BCUT2D eigenvalue weighted by molar-refractivity contribution is -0.142. The monoisotopic (exact) mass is 276 g/mol. The second-order valence-corrected chi connectivity index (χ2v) is 6.15. The average molecular weight is 276 g/mol. The lowest BCUT2D eigenvalue weighted by Gasteiger charge is -2.20. The topological polar surface area (TPSA) is 78.4 Å². The van der Waals surface area contributed by atoms with E-state index in [1.54, 1.807) is 38.1 Å². The van der Waals surface area contributed by atoms with Crippen molar-refractivity contribution in [3.8, 4) is 0 Å². The summed E-state index contributed by atoms with van der Waals surface area (Å²) in [5.74, 6) is -0.877.